The number of fused-ring (bicyclic) bond motifs is 2. The number of imide groups is 1. The fourth-order valence-electron chi connectivity index (χ4n) is 11.6. The van der Waals surface area contributed by atoms with Crippen LogP contribution in [0.2, 0.25) is 5.02 Å². The zero-order valence-electron chi connectivity index (χ0n) is 42.3. The first-order chi connectivity index (χ1) is 35.8. The van der Waals surface area contributed by atoms with Gasteiger partial charge in [0.1, 0.15) is 29.5 Å². The quantitative estimate of drug-likeness (QED) is 0.0838. The van der Waals surface area contributed by atoms with Crippen molar-refractivity contribution < 1.29 is 23.7 Å². The summed E-state index contributed by atoms with van der Waals surface area (Å²) in [7, 11) is 0.753. The molecule has 74 heavy (non-hydrogen) atoms. The molecule has 5 aliphatic rings. The van der Waals surface area contributed by atoms with Crippen molar-refractivity contribution >= 4 is 87.3 Å². The Kier molecular flexibility index (Phi) is 13.8. The van der Waals surface area contributed by atoms with Gasteiger partial charge in [-0.3, -0.25) is 39.3 Å². The van der Waals surface area contributed by atoms with Gasteiger partial charge in [0.25, 0.3) is 5.91 Å². The van der Waals surface area contributed by atoms with Crippen molar-refractivity contribution in [2.24, 2.45) is 13.0 Å². The van der Waals surface area contributed by atoms with E-state index in [-0.39, 0.29) is 24.1 Å². The normalized spacial score (nSPS) is 19.6. The van der Waals surface area contributed by atoms with Crippen LogP contribution in [-0.4, -0.2) is 154 Å². The van der Waals surface area contributed by atoms with Crippen molar-refractivity contribution in [3.63, 3.8) is 0 Å². The number of aromatic nitrogens is 6. The van der Waals surface area contributed by atoms with Gasteiger partial charge >= 0.3 is 0 Å². The molecule has 3 aromatic heterocycles. The van der Waals surface area contributed by atoms with Crippen LogP contribution in [0.1, 0.15) is 54.4 Å². The second kappa shape index (κ2) is 20.6. The van der Waals surface area contributed by atoms with E-state index in [1.807, 2.05) is 48.4 Å². The number of piperazine rings is 1. The second-order valence-corrected chi connectivity index (χ2v) is 24.1. The first-order valence-electron chi connectivity index (χ1n) is 25.6. The maximum absolute atomic E-state index is 13.6. The lowest BCUT2D eigenvalue weighted by Gasteiger charge is -2.44. The monoisotopic (exact) mass is 1040 g/mol. The molecular weight excluding hydrogens is 979 g/mol. The number of amides is 3. The zero-order valence-corrected chi connectivity index (χ0v) is 43.9. The highest BCUT2D eigenvalue weighted by molar-refractivity contribution is 7.71. The van der Waals surface area contributed by atoms with Gasteiger partial charge in [-0.1, -0.05) is 11.6 Å². The van der Waals surface area contributed by atoms with Crippen molar-refractivity contribution in [1.82, 2.24) is 49.7 Å². The lowest BCUT2D eigenvalue weighted by molar-refractivity contribution is -0.136. The fraction of sp³-hybridized carbons (Fsp3) is 0.434. The van der Waals surface area contributed by atoms with E-state index < -0.39 is 13.2 Å². The molecule has 6 aromatic rings. The third-order valence-corrected chi connectivity index (χ3v) is 17.3. The van der Waals surface area contributed by atoms with E-state index in [1.54, 1.807) is 37.7 Å². The van der Waals surface area contributed by atoms with E-state index in [0.717, 1.165) is 113 Å². The predicted octanol–water partition coefficient (Wildman–Crippen LogP) is 6.48. The van der Waals surface area contributed by atoms with Gasteiger partial charge in [-0.2, -0.15) is 10.1 Å². The Morgan fingerprint density at radius 3 is 2.32 bits per heavy atom. The molecule has 3 aromatic carbocycles. The molecule has 3 amide bonds. The van der Waals surface area contributed by atoms with Crippen LogP contribution >= 0.6 is 18.7 Å². The molecule has 11 rings (SSSR count). The van der Waals surface area contributed by atoms with Gasteiger partial charge in [-0.15, -0.1) is 0 Å². The smallest absolute Gasteiger partial charge is 0.255 e. The summed E-state index contributed by atoms with van der Waals surface area (Å²) in [5.41, 5.74) is 8.27. The number of rotatable bonds is 13. The Morgan fingerprint density at radius 1 is 0.824 bits per heavy atom. The number of hydrogen-bond acceptors (Lipinski definition) is 16. The Bertz CT molecular complexity index is 3180. The molecule has 0 saturated carbocycles. The lowest BCUT2D eigenvalue weighted by Crippen LogP contribution is -2.54. The minimum absolute atomic E-state index is 0.131. The summed E-state index contributed by atoms with van der Waals surface area (Å²) < 4.78 is 21.5. The highest BCUT2D eigenvalue weighted by Crippen LogP contribution is 2.44. The molecule has 21 heteroatoms. The Labute approximate surface area is 435 Å². The Balaban J connectivity index is 0.698. The summed E-state index contributed by atoms with van der Waals surface area (Å²) in [5.74, 6) is 1.12. The van der Waals surface area contributed by atoms with Crippen molar-refractivity contribution in [3.8, 4) is 16.9 Å². The second-order valence-electron chi connectivity index (χ2n) is 20.6. The van der Waals surface area contributed by atoms with Gasteiger partial charge in [0.15, 0.2) is 5.82 Å². The number of halogens is 1. The lowest BCUT2D eigenvalue weighted by atomic mass is 9.95. The zero-order chi connectivity index (χ0) is 51.3. The molecule has 0 spiro atoms. The molecule has 0 unspecified atom stereocenters. The maximum atomic E-state index is 13.6. The number of anilines is 6. The molecule has 4 saturated heterocycles. The molecule has 8 heterocycles. The SMILES string of the molecule is COc1cc(N2CCC(N3CCN(CC4CCN(c5ccc6c(c5)CN([C@H]5CCC(=O)NC5=O)C6=O)CC4)CC3)CC2)c(-c2cnn(C)c2)cc1Nc1ncc(Cl)c(Nc2ccc3nccnc3c2P(C)(C)=O)n1. The van der Waals surface area contributed by atoms with Crippen molar-refractivity contribution in [3.05, 3.63) is 89.6 Å². The van der Waals surface area contributed by atoms with Crippen molar-refractivity contribution in [2.45, 2.75) is 57.2 Å². The first-order valence-corrected chi connectivity index (χ1v) is 28.5. The average Bonchev–Trinajstić information content (AvgIpc) is 3.99. The first kappa shape index (κ1) is 49.5. The molecule has 4 fully saturated rings. The summed E-state index contributed by atoms with van der Waals surface area (Å²) in [6, 6.07) is 13.8. The number of aryl methyl sites for hydroxylation is 1. The average molecular weight is 1040 g/mol. The minimum Gasteiger partial charge on any atom is -0.494 e. The van der Waals surface area contributed by atoms with Crippen LogP contribution in [0.5, 0.6) is 5.75 Å². The standard InChI is InChI=1S/C53H62ClN14O5P/c1-63-31-35(28-58-63)39-26-43(60-53-57-29-40(54)50(62-53)59-42-8-7-41-48(56-16-15-55-41)49(42)74(3,4)72)46(73-2)27-45(39)67-19-13-36(14-20-67)66-23-21-64(22-24-66)30-33-11-17-65(18-12-33)37-5-6-38-34(25-37)32-68(52(38)71)44-9-10-47(69)61-51(44)70/h5-8,15-16,25-29,31,33,36,44H,9-14,17-24,30,32H2,1-4H3,(H,61,69,70)(H2,57,59,60,62)/t44-/m0/s1. The molecule has 386 valence electrons. The van der Waals surface area contributed by atoms with Crippen LogP contribution in [0.25, 0.3) is 22.2 Å². The number of hydrogen-bond donors (Lipinski definition) is 3. The summed E-state index contributed by atoms with van der Waals surface area (Å²) in [5, 5.41) is 14.5. The van der Waals surface area contributed by atoms with Gasteiger partial charge < -0.3 is 39.5 Å². The van der Waals surface area contributed by atoms with Crippen LogP contribution in [0.3, 0.4) is 0 Å². The van der Waals surface area contributed by atoms with Crippen LogP contribution in [0.15, 0.2) is 73.4 Å². The van der Waals surface area contributed by atoms with Gasteiger partial charge in [0.2, 0.25) is 17.8 Å². The summed E-state index contributed by atoms with van der Waals surface area (Å²) in [4.78, 5) is 67.7. The number of carbonyl (C=O) groups excluding carboxylic acids is 3. The molecule has 19 nitrogen and oxygen atoms in total. The van der Waals surface area contributed by atoms with Crippen LogP contribution in [-0.2, 0) is 27.7 Å². The van der Waals surface area contributed by atoms with E-state index in [2.05, 4.69) is 73.8 Å². The number of methoxy groups -OCH3 is 1. The van der Waals surface area contributed by atoms with E-state index in [9.17, 15) is 18.9 Å². The molecule has 1 atom stereocenters. The van der Waals surface area contributed by atoms with Gasteiger partial charge in [-0.05, 0) is 93.3 Å². The van der Waals surface area contributed by atoms with E-state index in [4.69, 9.17) is 21.3 Å². The topological polar surface area (TPSA) is 199 Å². The largest absolute Gasteiger partial charge is 0.494 e. The highest BCUT2D eigenvalue weighted by Gasteiger charge is 2.40. The number of benzene rings is 3. The van der Waals surface area contributed by atoms with Crippen LogP contribution in [0, 0.1) is 5.92 Å². The number of carbonyl (C=O) groups is 3. The molecule has 0 aliphatic carbocycles. The van der Waals surface area contributed by atoms with Crippen LogP contribution < -0.4 is 35.8 Å². The van der Waals surface area contributed by atoms with Crippen LogP contribution in [0.4, 0.5) is 34.5 Å². The third kappa shape index (κ3) is 10.1. The Morgan fingerprint density at radius 2 is 1.59 bits per heavy atom. The maximum Gasteiger partial charge on any atom is 0.255 e. The number of ether oxygens (including phenoxy) is 1. The van der Waals surface area contributed by atoms with E-state index in [0.29, 0.717) is 80.7 Å². The molecule has 0 bridgehead atoms. The third-order valence-electron chi connectivity index (χ3n) is 15.5. The van der Waals surface area contributed by atoms with Gasteiger partial charge in [0.05, 0.1) is 41.7 Å². The number of piperidine rings is 3. The van der Waals surface area contributed by atoms with Gasteiger partial charge in [0, 0.05) is 138 Å². The molecule has 0 radical (unpaired) electrons. The summed E-state index contributed by atoms with van der Waals surface area (Å²) in [6.45, 7) is 13.0. The van der Waals surface area contributed by atoms with Crippen molar-refractivity contribution in [2.75, 3.05) is 99.8 Å². The highest BCUT2D eigenvalue weighted by atomic mass is 35.5. The molecule has 3 N–H and O–H groups in total. The van der Waals surface area contributed by atoms with Gasteiger partial charge in [-0.25, -0.2) is 4.98 Å². The molecule has 5 aliphatic heterocycles. The summed E-state index contributed by atoms with van der Waals surface area (Å²) >= 11 is 6.69. The number of nitrogens with zero attached hydrogens (tertiary/aromatic N) is 11. The van der Waals surface area contributed by atoms with E-state index in [1.165, 1.54) is 6.20 Å². The Hall–Kier alpha value is -6.66. The predicted molar refractivity (Wildman–Crippen MR) is 288 cm³/mol. The number of nitrogens with one attached hydrogen (secondary N) is 3. The minimum atomic E-state index is -2.83. The van der Waals surface area contributed by atoms with E-state index >= 15 is 0 Å². The summed E-state index contributed by atoms with van der Waals surface area (Å²) in [6.07, 6.45) is 13.6. The molecular formula is C53H62ClN14O5P. The fourth-order valence-corrected chi connectivity index (χ4v) is 13.1. The van der Waals surface area contributed by atoms with Crippen molar-refractivity contribution in [1.29, 1.82) is 0 Å².